The largest absolute Gasteiger partial charge is 0.396 e. The number of rotatable bonds is 2. The predicted molar refractivity (Wildman–Crippen MR) is 135 cm³/mol. The number of aliphatic hydroxyl groups excluding tert-OH is 4. The van der Waals surface area contributed by atoms with Crippen LogP contribution in [0.5, 0.6) is 0 Å². The van der Waals surface area contributed by atoms with E-state index >= 15 is 0 Å². The Hall–Kier alpha value is -0.750. The van der Waals surface area contributed by atoms with E-state index in [-0.39, 0.29) is 41.0 Å². The molecule has 35 heavy (non-hydrogen) atoms. The molecule has 10 unspecified atom stereocenters. The molecule has 5 aliphatic rings. The van der Waals surface area contributed by atoms with Gasteiger partial charge in [-0.3, -0.25) is 4.79 Å². The van der Waals surface area contributed by atoms with Gasteiger partial charge < -0.3 is 20.4 Å². The molecule has 10 atom stereocenters. The zero-order valence-electron chi connectivity index (χ0n) is 22.9. The van der Waals surface area contributed by atoms with E-state index in [1.807, 2.05) is 0 Å². The number of Topliss-reactive ketones (excluding diaryl/α,β-unsaturated/α-hetero) is 1. The highest BCUT2D eigenvalue weighted by Crippen LogP contribution is 2.75. The summed E-state index contributed by atoms with van der Waals surface area (Å²) in [6, 6.07) is 0. The van der Waals surface area contributed by atoms with Crippen molar-refractivity contribution in [2.75, 3.05) is 6.61 Å². The predicted octanol–water partition coefficient (Wildman–Crippen LogP) is 4.26. The van der Waals surface area contributed by atoms with Crippen molar-refractivity contribution in [3.05, 3.63) is 11.1 Å². The Morgan fingerprint density at radius 2 is 1.66 bits per heavy atom. The normalized spacial score (nSPS) is 53.2. The fourth-order valence-electron chi connectivity index (χ4n) is 11.0. The highest BCUT2D eigenvalue weighted by Gasteiger charge is 2.72. The molecule has 0 aliphatic heterocycles. The van der Waals surface area contributed by atoms with Crippen LogP contribution < -0.4 is 0 Å². The molecule has 0 amide bonds. The smallest absolute Gasteiger partial charge is 0.159 e. The Morgan fingerprint density at radius 3 is 2.26 bits per heavy atom. The van der Waals surface area contributed by atoms with E-state index in [0.29, 0.717) is 31.6 Å². The first-order chi connectivity index (χ1) is 16.1. The highest BCUT2D eigenvalue weighted by molar-refractivity contribution is 5.99. The van der Waals surface area contributed by atoms with Gasteiger partial charge in [0, 0.05) is 29.4 Å². The van der Waals surface area contributed by atoms with Gasteiger partial charge in [0.25, 0.3) is 0 Å². The zero-order chi connectivity index (χ0) is 25.9. The van der Waals surface area contributed by atoms with Gasteiger partial charge in [0.05, 0.1) is 18.3 Å². The van der Waals surface area contributed by atoms with Gasteiger partial charge in [-0.1, -0.05) is 48.5 Å². The Labute approximate surface area is 211 Å². The minimum absolute atomic E-state index is 0.00452. The van der Waals surface area contributed by atoms with Crippen LogP contribution in [-0.4, -0.2) is 51.1 Å². The van der Waals surface area contributed by atoms with Crippen molar-refractivity contribution in [1.82, 2.24) is 0 Å². The van der Waals surface area contributed by atoms with E-state index in [1.54, 1.807) is 0 Å². The van der Waals surface area contributed by atoms with Gasteiger partial charge in [-0.25, -0.2) is 0 Å². The molecule has 5 heteroatoms. The van der Waals surface area contributed by atoms with Gasteiger partial charge in [0.2, 0.25) is 0 Å². The number of fused-ring (bicyclic) bond motifs is 6. The first-order valence-electron chi connectivity index (χ1n) is 14.0. The van der Waals surface area contributed by atoms with Crippen LogP contribution >= 0.6 is 0 Å². The standard InChI is InChI=1S/C30H48O5/c1-16(2)17-12-19(33)25-29(7)14-20(34)23-24(28(29,6)10-11-30(17,25)15-31)18(32)13-21-26(3,4)22(35)8-9-27(21,23)5/h16-17,19-22,25,31,33-35H,8-15H2,1-7H3. The monoisotopic (exact) mass is 488 g/mol. The average Bonchev–Trinajstić information content (AvgIpc) is 3.08. The minimum Gasteiger partial charge on any atom is -0.396 e. The lowest BCUT2D eigenvalue weighted by molar-refractivity contribution is -0.179. The molecule has 0 radical (unpaired) electrons. The maximum atomic E-state index is 14.1. The highest BCUT2D eigenvalue weighted by atomic mass is 16.3. The summed E-state index contributed by atoms with van der Waals surface area (Å²) in [5, 5.41) is 45.1. The molecular weight excluding hydrogens is 440 g/mol. The van der Waals surface area contributed by atoms with Crippen molar-refractivity contribution in [3.63, 3.8) is 0 Å². The lowest BCUT2D eigenvalue weighted by atomic mass is 9.36. The number of aliphatic hydroxyl groups is 4. The fraction of sp³-hybridized carbons (Fsp3) is 0.900. The fourth-order valence-corrected chi connectivity index (χ4v) is 11.0. The van der Waals surface area contributed by atoms with Gasteiger partial charge in [-0.05, 0) is 84.0 Å². The van der Waals surface area contributed by atoms with Crippen molar-refractivity contribution >= 4 is 5.78 Å². The number of ketones is 1. The molecule has 0 bridgehead atoms. The maximum Gasteiger partial charge on any atom is 0.159 e. The molecule has 4 N–H and O–H groups in total. The van der Waals surface area contributed by atoms with Crippen molar-refractivity contribution in [2.24, 2.45) is 50.7 Å². The lowest BCUT2D eigenvalue weighted by Gasteiger charge is -2.68. The molecular formula is C30H48O5. The van der Waals surface area contributed by atoms with Crippen LogP contribution in [0.25, 0.3) is 0 Å². The zero-order valence-corrected chi connectivity index (χ0v) is 22.9. The van der Waals surface area contributed by atoms with E-state index in [2.05, 4.69) is 48.5 Å². The third kappa shape index (κ3) is 2.93. The second-order valence-electron chi connectivity index (χ2n) is 14.8. The third-order valence-corrected chi connectivity index (χ3v) is 12.9. The second kappa shape index (κ2) is 7.65. The topological polar surface area (TPSA) is 98.0 Å². The maximum absolute atomic E-state index is 14.1. The van der Waals surface area contributed by atoms with Crippen LogP contribution in [0.1, 0.15) is 93.4 Å². The van der Waals surface area contributed by atoms with Gasteiger partial charge >= 0.3 is 0 Å². The summed E-state index contributed by atoms with van der Waals surface area (Å²) < 4.78 is 0. The van der Waals surface area contributed by atoms with Crippen LogP contribution in [0.4, 0.5) is 0 Å². The molecule has 5 nitrogen and oxygen atoms in total. The molecule has 0 spiro atoms. The van der Waals surface area contributed by atoms with E-state index < -0.39 is 34.6 Å². The van der Waals surface area contributed by atoms with Gasteiger partial charge in [-0.2, -0.15) is 0 Å². The molecule has 3 fully saturated rings. The van der Waals surface area contributed by atoms with E-state index in [1.165, 1.54) is 0 Å². The number of carbonyl (C=O) groups is 1. The summed E-state index contributed by atoms with van der Waals surface area (Å²) in [5.41, 5.74) is -0.273. The van der Waals surface area contributed by atoms with Gasteiger partial charge in [-0.15, -0.1) is 0 Å². The Balaban J connectivity index is 1.69. The van der Waals surface area contributed by atoms with Gasteiger partial charge in [0.1, 0.15) is 0 Å². The SMILES string of the molecule is CC(C)C1CC(O)C2C1(CO)CCC1(C)C3=C(C(O)CC21C)C1(C)CCC(O)C(C)(C)C1CC3=O. The Morgan fingerprint density at radius 1 is 1.00 bits per heavy atom. The Bertz CT molecular complexity index is 952. The molecule has 0 aromatic rings. The minimum atomic E-state index is -0.745. The summed E-state index contributed by atoms with van der Waals surface area (Å²) in [7, 11) is 0. The average molecular weight is 489 g/mol. The number of hydrogen-bond acceptors (Lipinski definition) is 5. The van der Waals surface area contributed by atoms with Crippen LogP contribution in [0, 0.1) is 50.7 Å². The van der Waals surface area contributed by atoms with Crippen molar-refractivity contribution in [1.29, 1.82) is 0 Å². The van der Waals surface area contributed by atoms with Gasteiger partial charge in [0.15, 0.2) is 5.78 Å². The van der Waals surface area contributed by atoms with Crippen molar-refractivity contribution in [2.45, 2.75) is 112 Å². The van der Waals surface area contributed by atoms with Crippen LogP contribution in [0.3, 0.4) is 0 Å². The number of hydrogen-bond donors (Lipinski definition) is 4. The van der Waals surface area contributed by atoms with E-state index in [9.17, 15) is 25.2 Å². The lowest BCUT2D eigenvalue weighted by Crippen LogP contribution is -2.65. The third-order valence-electron chi connectivity index (χ3n) is 12.9. The summed E-state index contributed by atoms with van der Waals surface area (Å²) in [6.45, 7) is 15.2. The summed E-state index contributed by atoms with van der Waals surface area (Å²) in [6.07, 6.45) is 2.90. The van der Waals surface area contributed by atoms with Crippen molar-refractivity contribution < 1.29 is 25.2 Å². The molecule has 198 valence electrons. The first kappa shape index (κ1) is 25.9. The summed E-state index contributed by atoms with van der Waals surface area (Å²) in [4.78, 5) is 14.1. The van der Waals surface area contributed by atoms with Crippen molar-refractivity contribution in [3.8, 4) is 0 Å². The molecule has 5 aliphatic carbocycles. The molecule has 0 saturated heterocycles. The number of allylic oxidation sites excluding steroid dienone is 1. The molecule has 0 heterocycles. The first-order valence-corrected chi connectivity index (χ1v) is 14.0. The summed E-state index contributed by atoms with van der Waals surface area (Å²) in [5.74, 6) is 0.547. The van der Waals surface area contributed by atoms with E-state index in [4.69, 9.17) is 0 Å². The molecule has 3 saturated carbocycles. The Kier molecular flexibility index (Phi) is 5.65. The van der Waals surface area contributed by atoms with Crippen LogP contribution in [-0.2, 0) is 4.79 Å². The summed E-state index contributed by atoms with van der Waals surface area (Å²) >= 11 is 0. The van der Waals surface area contributed by atoms with E-state index in [0.717, 1.165) is 30.4 Å². The van der Waals surface area contributed by atoms with Crippen LogP contribution in [0.2, 0.25) is 0 Å². The second-order valence-corrected chi connectivity index (χ2v) is 14.8. The molecule has 0 aromatic heterocycles. The molecule has 0 aromatic carbocycles. The number of carbonyl (C=O) groups excluding carboxylic acids is 1. The molecule has 5 rings (SSSR count). The quantitative estimate of drug-likeness (QED) is 0.466. The van der Waals surface area contributed by atoms with Crippen LogP contribution in [0.15, 0.2) is 11.1 Å².